The average molecular weight is 169 g/mol. The molecule has 1 N–H and O–H groups in total. The first-order chi connectivity index (χ1) is 5.83. The fraction of sp³-hybridized carbons (Fsp3) is 0.500. The van der Waals surface area contributed by atoms with Gasteiger partial charge in [-0.1, -0.05) is 0 Å². The summed E-state index contributed by atoms with van der Waals surface area (Å²) >= 11 is 0. The minimum atomic E-state index is -0.307. The van der Waals surface area contributed by atoms with Gasteiger partial charge in [-0.25, -0.2) is 9.97 Å². The number of anilines is 1. The van der Waals surface area contributed by atoms with Crippen molar-refractivity contribution in [2.45, 2.75) is 13.3 Å². The zero-order valence-corrected chi connectivity index (χ0v) is 7.05. The number of aromatic nitrogens is 2. The van der Waals surface area contributed by atoms with Crippen molar-refractivity contribution in [3.8, 4) is 0 Å². The van der Waals surface area contributed by atoms with E-state index in [1.54, 1.807) is 6.20 Å². The summed E-state index contributed by atoms with van der Waals surface area (Å²) in [5, 5.41) is 2.92. The summed E-state index contributed by atoms with van der Waals surface area (Å²) in [4.78, 5) is 8.07. The molecule has 3 nitrogen and oxygen atoms in total. The molecule has 12 heavy (non-hydrogen) atoms. The Kier molecular flexibility index (Phi) is 3.44. The normalized spacial score (nSPS) is 9.83. The van der Waals surface area contributed by atoms with Crippen LogP contribution in [0.25, 0.3) is 0 Å². The monoisotopic (exact) mass is 169 g/mol. The molecule has 0 saturated carbocycles. The van der Waals surface area contributed by atoms with E-state index in [0.717, 1.165) is 5.69 Å². The molecule has 0 bridgehead atoms. The van der Waals surface area contributed by atoms with Gasteiger partial charge < -0.3 is 5.32 Å². The van der Waals surface area contributed by atoms with Gasteiger partial charge in [0.25, 0.3) is 0 Å². The van der Waals surface area contributed by atoms with Gasteiger partial charge in [0, 0.05) is 18.4 Å². The molecule has 0 radical (unpaired) electrons. The Labute approximate surface area is 71.0 Å². The van der Waals surface area contributed by atoms with Gasteiger partial charge in [-0.3, -0.25) is 4.39 Å². The summed E-state index contributed by atoms with van der Waals surface area (Å²) in [6, 6.07) is 1.82. The molecular weight excluding hydrogens is 157 g/mol. The van der Waals surface area contributed by atoms with Crippen LogP contribution in [0.2, 0.25) is 0 Å². The largest absolute Gasteiger partial charge is 0.354 e. The second kappa shape index (κ2) is 4.64. The van der Waals surface area contributed by atoms with Crippen LogP contribution in [0.1, 0.15) is 12.1 Å². The van der Waals surface area contributed by atoms with Crippen LogP contribution >= 0.6 is 0 Å². The Morgan fingerprint density at radius 1 is 1.58 bits per heavy atom. The predicted molar refractivity (Wildman–Crippen MR) is 45.9 cm³/mol. The van der Waals surface area contributed by atoms with E-state index < -0.39 is 0 Å². The lowest BCUT2D eigenvalue weighted by atomic mass is 10.4. The third-order valence-corrected chi connectivity index (χ3v) is 1.39. The number of rotatable bonds is 4. The minimum absolute atomic E-state index is 0.307. The van der Waals surface area contributed by atoms with E-state index in [9.17, 15) is 4.39 Å². The van der Waals surface area contributed by atoms with Crippen LogP contribution in [0.15, 0.2) is 12.3 Å². The van der Waals surface area contributed by atoms with Gasteiger partial charge in [0.15, 0.2) is 0 Å². The van der Waals surface area contributed by atoms with Crippen molar-refractivity contribution in [3.05, 3.63) is 18.0 Å². The quantitative estimate of drug-likeness (QED) is 0.695. The average Bonchev–Trinajstić information content (AvgIpc) is 2.05. The van der Waals surface area contributed by atoms with Crippen LogP contribution < -0.4 is 5.32 Å². The van der Waals surface area contributed by atoms with Crippen molar-refractivity contribution in [1.29, 1.82) is 0 Å². The standard InChI is InChI=1S/C8H12FN3/c1-7-3-6-11-8(12-7)10-5-2-4-9/h3,6H,2,4-5H2,1H3,(H,10,11,12). The third-order valence-electron chi connectivity index (χ3n) is 1.39. The first-order valence-corrected chi connectivity index (χ1v) is 3.92. The minimum Gasteiger partial charge on any atom is -0.354 e. The molecule has 0 aliphatic heterocycles. The fourth-order valence-electron chi connectivity index (χ4n) is 0.801. The summed E-state index contributed by atoms with van der Waals surface area (Å²) in [5.74, 6) is 0.573. The van der Waals surface area contributed by atoms with Crippen LogP contribution in [-0.4, -0.2) is 23.2 Å². The highest BCUT2D eigenvalue weighted by Crippen LogP contribution is 1.98. The number of hydrogen-bond donors (Lipinski definition) is 1. The molecule has 0 aliphatic carbocycles. The van der Waals surface area contributed by atoms with Gasteiger partial charge in [-0.2, -0.15) is 0 Å². The highest BCUT2D eigenvalue weighted by atomic mass is 19.1. The molecule has 0 unspecified atom stereocenters. The van der Waals surface area contributed by atoms with Crippen molar-refractivity contribution in [1.82, 2.24) is 9.97 Å². The van der Waals surface area contributed by atoms with Crippen molar-refractivity contribution in [3.63, 3.8) is 0 Å². The van der Waals surface area contributed by atoms with E-state index in [2.05, 4.69) is 15.3 Å². The molecule has 1 aromatic heterocycles. The fourth-order valence-corrected chi connectivity index (χ4v) is 0.801. The Morgan fingerprint density at radius 2 is 2.42 bits per heavy atom. The molecule has 0 aliphatic rings. The molecule has 0 saturated heterocycles. The summed E-state index contributed by atoms with van der Waals surface area (Å²) < 4.78 is 11.7. The van der Waals surface area contributed by atoms with Gasteiger partial charge in [0.2, 0.25) is 5.95 Å². The topological polar surface area (TPSA) is 37.8 Å². The molecule has 1 aromatic rings. The van der Waals surface area contributed by atoms with E-state index >= 15 is 0 Å². The molecular formula is C8H12FN3. The molecule has 4 heteroatoms. The molecule has 0 amide bonds. The van der Waals surface area contributed by atoms with Crippen molar-refractivity contribution < 1.29 is 4.39 Å². The third kappa shape index (κ3) is 2.82. The first kappa shape index (κ1) is 8.90. The van der Waals surface area contributed by atoms with E-state index in [0.29, 0.717) is 18.9 Å². The summed E-state index contributed by atoms with van der Waals surface area (Å²) in [6.45, 7) is 2.17. The zero-order chi connectivity index (χ0) is 8.81. The lowest BCUT2D eigenvalue weighted by Gasteiger charge is -2.02. The predicted octanol–water partition coefficient (Wildman–Crippen LogP) is 1.56. The SMILES string of the molecule is Cc1ccnc(NCCCF)n1. The number of alkyl halides is 1. The van der Waals surface area contributed by atoms with Crippen LogP contribution in [-0.2, 0) is 0 Å². The molecule has 0 spiro atoms. The Hall–Kier alpha value is -1.19. The second-order valence-electron chi connectivity index (χ2n) is 2.49. The smallest absolute Gasteiger partial charge is 0.222 e. The van der Waals surface area contributed by atoms with Crippen LogP contribution in [0, 0.1) is 6.92 Å². The molecule has 0 aromatic carbocycles. The van der Waals surface area contributed by atoms with E-state index in [1.807, 2.05) is 13.0 Å². The van der Waals surface area contributed by atoms with E-state index in [4.69, 9.17) is 0 Å². The lowest BCUT2D eigenvalue weighted by Crippen LogP contribution is -2.05. The summed E-state index contributed by atoms with van der Waals surface area (Å²) in [6.07, 6.45) is 2.18. The van der Waals surface area contributed by atoms with Gasteiger partial charge in [0.05, 0.1) is 6.67 Å². The first-order valence-electron chi connectivity index (χ1n) is 3.92. The maximum atomic E-state index is 11.7. The van der Waals surface area contributed by atoms with Crippen LogP contribution in [0.3, 0.4) is 0 Å². The van der Waals surface area contributed by atoms with E-state index in [-0.39, 0.29) is 6.67 Å². The molecule has 1 rings (SSSR count). The number of hydrogen-bond acceptors (Lipinski definition) is 3. The molecule has 66 valence electrons. The second-order valence-corrected chi connectivity index (χ2v) is 2.49. The number of nitrogens with one attached hydrogen (secondary N) is 1. The van der Waals surface area contributed by atoms with Gasteiger partial charge in [-0.15, -0.1) is 0 Å². The molecule has 0 atom stereocenters. The Balaban J connectivity index is 2.41. The van der Waals surface area contributed by atoms with Crippen molar-refractivity contribution >= 4 is 5.95 Å². The van der Waals surface area contributed by atoms with E-state index in [1.165, 1.54) is 0 Å². The van der Waals surface area contributed by atoms with Crippen LogP contribution in [0.5, 0.6) is 0 Å². The van der Waals surface area contributed by atoms with Gasteiger partial charge in [0.1, 0.15) is 0 Å². The Bertz CT molecular complexity index is 239. The highest BCUT2D eigenvalue weighted by Gasteiger charge is 1.93. The van der Waals surface area contributed by atoms with Crippen LogP contribution in [0.4, 0.5) is 10.3 Å². The summed E-state index contributed by atoms with van der Waals surface area (Å²) in [7, 11) is 0. The highest BCUT2D eigenvalue weighted by molar-refractivity contribution is 5.24. The maximum Gasteiger partial charge on any atom is 0.222 e. The maximum absolute atomic E-state index is 11.7. The number of aryl methyl sites for hydroxylation is 1. The van der Waals surface area contributed by atoms with Gasteiger partial charge in [-0.05, 0) is 19.4 Å². The zero-order valence-electron chi connectivity index (χ0n) is 7.05. The summed E-state index contributed by atoms with van der Waals surface area (Å²) in [5.41, 5.74) is 0.910. The lowest BCUT2D eigenvalue weighted by molar-refractivity contribution is 0.481. The van der Waals surface area contributed by atoms with Gasteiger partial charge >= 0.3 is 0 Å². The number of halogens is 1. The number of nitrogens with zero attached hydrogens (tertiary/aromatic N) is 2. The Morgan fingerprint density at radius 3 is 3.08 bits per heavy atom. The molecule has 0 fully saturated rings. The van der Waals surface area contributed by atoms with Crippen molar-refractivity contribution in [2.75, 3.05) is 18.5 Å². The molecule has 1 heterocycles. The van der Waals surface area contributed by atoms with Crippen molar-refractivity contribution in [2.24, 2.45) is 0 Å².